The quantitative estimate of drug-likeness (QED) is 0.775. The molecule has 2 fully saturated rings. The molecule has 1 aliphatic carbocycles. The van der Waals surface area contributed by atoms with Gasteiger partial charge in [-0.15, -0.1) is 0 Å². The van der Waals surface area contributed by atoms with Crippen molar-refractivity contribution >= 4 is 0 Å². The van der Waals surface area contributed by atoms with Gasteiger partial charge < -0.3 is 14.8 Å². The van der Waals surface area contributed by atoms with E-state index in [1.807, 2.05) is 0 Å². The van der Waals surface area contributed by atoms with E-state index in [4.69, 9.17) is 9.47 Å². The Morgan fingerprint density at radius 3 is 2.60 bits per heavy atom. The van der Waals surface area contributed by atoms with Crippen LogP contribution < -0.4 is 5.32 Å². The molecular formula is C17H33NO2. The van der Waals surface area contributed by atoms with Crippen LogP contribution in [0, 0.1) is 5.92 Å². The van der Waals surface area contributed by atoms with Crippen LogP contribution in [0.3, 0.4) is 0 Å². The molecule has 0 bridgehead atoms. The molecule has 0 aromatic rings. The molecule has 3 nitrogen and oxygen atoms in total. The Bertz CT molecular complexity index is 252. The molecule has 1 heterocycles. The minimum atomic E-state index is 0.0630. The highest BCUT2D eigenvalue weighted by Crippen LogP contribution is 2.39. The van der Waals surface area contributed by atoms with E-state index in [0.717, 1.165) is 26.4 Å². The normalized spacial score (nSPS) is 28.2. The average molecular weight is 283 g/mol. The Hall–Kier alpha value is -0.120. The molecule has 2 rings (SSSR count). The molecule has 20 heavy (non-hydrogen) atoms. The molecule has 2 aliphatic rings. The summed E-state index contributed by atoms with van der Waals surface area (Å²) in [6.07, 6.45) is 10.1. The lowest BCUT2D eigenvalue weighted by molar-refractivity contribution is -0.116. The lowest BCUT2D eigenvalue weighted by Crippen LogP contribution is -2.58. The first-order valence-corrected chi connectivity index (χ1v) is 8.77. The van der Waals surface area contributed by atoms with E-state index in [1.54, 1.807) is 0 Å². The number of hydrogen-bond acceptors (Lipinski definition) is 3. The summed E-state index contributed by atoms with van der Waals surface area (Å²) in [5.74, 6) is 0.625. The van der Waals surface area contributed by atoms with Crippen molar-refractivity contribution in [1.82, 2.24) is 5.32 Å². The Labute approximate surface area is 124 Å². The van der Waals surface area contributed by atoms with Crippen LogP contribution in [0.5, 0.6) is 0 Å². The van der Waals surface area contributed by atoms with Crippen LogP contribution in [0.2, 0.25) is 0 Å². The zero-order valence-corrected chi connectivity index (χ0v) is 13.5. The number of nitrogens with one attached hydrogen (secondary N) is 1. The van der Waals surface area contributed by atoms with E-state index in [9.17, 15) is 0 Å². The number of rotatable bonds is 7. The standard InChI is InChI=1S/C17H33NO2/c1-3-12-18-16(15-9-8-13-19-14-15)17(20-4-2)10-6-5-7-11-17/h15-16,18H,3-14H2,1-2H3. The molecular weight excluding hydrogens is 250 g/mol. The highest BCUT2D eigenvalue weighted by molar-refractivity contribution is 4.99. The van der Waals surface area contributed by atoms with E-state index in [-0.39, 0.29) is 5.60 Å². The molecule has 0 amide bonds. The first-order valence-electron chi connectivity index (χ1n) is 8.77. The second-order valence-electron chi connectivity index (χ2n) is 6.47. The number of ether oxygens (including phenoxy) is 2. The smallest absolute Gasteiger partial charge is 0.0838 e. The summed E-state index contributed by atoms with van der Waals surface area (Å²) in [5.41, 5.74) is 0.0630. The van der Waals surface area contributed by atoms with Crippen molar-refractivity contribution in [2.75, 3.05) is 26.4 Å². The van der Waals surface area contributed by atoms with Crippen LogP contribution in [-0.4, -0.2) is 38.0 Å². The Morgan fingerprint density at radius 1 is 1.20 bits per heavy atom. The molecule has 1 N–H and O–H groups in total. The zero-order chi connectivity index (χ0) is 14.3. The van der Waals surface area contributed by atoms with Gasteiger partial charge in [-0.05, 0) is 45.6 Å². The third kappa shape index (κ3) is 3.96. The highest BCUT2D eigenvalue weighted by atomic mass is 16.5. The monoisotopic (exact) mass is 283 g/mol. The highest BCUT2D eigenvalue weighted by Gasteiger charge is 2.44. The molecule has 3 heteroatoms. The Balaban J connectivity index is 2.11. The van der Waals surface area contributed by atoms with Crippen molar-refractivity contribution in [2.24, 2.45) is 5.92 Å². The van der Waals surface area contributed by atoms with Gasteiger partial charge in [-0.1, -0.05) is 26.2 Å². The van der Waals surface area contributed by atoms with Gasteiger partial charge in [0.05, 0.1) is 12.2 Å². The fourth-order valence-corrected chi connectivity index (χ4v) is 4.09. The Kier molecular flexibility index (Phi) is 6.79. The maximum atomic E-state index is 6.36. The lowest BCUT2D eigenvalue weighted by Gasteiger charge is -2.47. The Morgan fingerprint density at radius 2 is 2.00 bits per heavy atom. The minimum absolute atomic E-state index is 0.0630. The summed E-state index contributed by atoms with van der Waals surface area (Å²) >= 11 is 0. The van der Waals surface area contributed by atoms with E-state index < -0.39 is 0 Å². The predicted octanol–water partition coefficient (Wildman–Crippen LogP) is 3.52. The number of hydrogen-bond donors (Lipinski definition) is 1. The van der Waals surface area contributed by atoms with Gasteiger partial charge in [0.15, 0.2) is 0 Å². The van der Waals surface area contributed by atoms with Crippen LogP contribution in [0.15, 0.2) is 0 Å². The maximum absolute atomic E-state index is 6.36. The second kappa shape index (κ2) is 8.35. The van der Waals surface area contributed by atoms with Gasteiger partial charge in [0.2, 0.25) is 0 Å². The molecule has 0 radical (unpaired) electrons. The van der Waals surface area contributed by atoms with Crippen LogP contribution in [0.1, 0.15) is 65.2 Å². The summed E-state index contributed by atoms with van der Waals surface area (Å²) in [5, 5.41) is 3.83. The third-order valence-corrected chi connectivity index (χ3v) is 4.98. The zero-order valence-electron chi connectivity index (χ0n) is 13.5. The summed E-state index contributed by atoms with van der Waals surface area (Å²) in [4.78, 5) is 0. The lowest BCUT2D eigenvalue weighted by atomic mass is 9.73. The molecule has 1 aliphatic heterocycles. The first-order chi connectivity index (χ1) is 9.82. The second-order valence-corrected chi connectivity index (χ2v) is 6.47. The van der Waals surface area contributed by atoms with Crippen molar-refractivity contribution in [3.8, 4) is 0 Å². The van der Waals surface area contributed by atoms with E-state index in [1.165, 1.54) is 51.4 Å². The van der Waals surface area contributed by atoms with E-state index in [2.05, 4.69) is 19.2 Å². The third-order valence-electron chi connectivity index (χ3n) is 4.98. The van der Waals surface area contributed by atoms with Crippen molar-refractivity contribution in [3.05, 3.63) is 0 Å². The van der Waals surface area contributed by atoms with Gasteiger partial charge in [-0.3, -0.25) is 0 Å². The van der Waals surface area contributed by atoms with Crippen LogP contribution in [0.25, 0.3) is 0 Å². The topological polar surface area (TPSA) is 30.5 Å². The van der Waals surface area contributed by atoms with Crippen molar-refractivity contribution in [2.45, 2.75) is 76.9 Å². The van der Waals surface area contributed by atoms with Gasteiger partial charge in [0, 0.05) is 25.2 Å². The van der Waals surface area contributed by atoms with E-state index in [0.29, 0.717) is 12.0 Å². The van der Waals surface area contributed by atoms with Gasteiger partial charge in [-0.25, -0.2) is 0 Å². The molecule has 1 saturated carbocycles. The average Bonchev–Trinajstić information content (AvgIpc) is 2.50. The van der Waals surface area contributed by atoms with E-state index >= 15 is 0 Å². The van der Waals surface area contributed by atoms with Gasteiger partial charge in [0.25, 0.3) is 0 Å². The van der Waals surface area contributed by atoms with Crippen molar-refractivity contribution < 1.29 is 9.47 Å². The molecule has 2 atom stereocenters. The fraction of sp³-hybridized carbons (Fsp3) is 1.00. The summed E-state index contributed by atoms with van der Waals surface area (Å²) < 4.78 is 12.1. The minimum Gasteiger partial charge on any atom is -0.381 e. The summed E-state index contributed by atoms with van der Waals surface area (Å²) in [6.45, 7) is 8.17. The van der Waals surface area contributed by atoms with Gasteiger partial charge in [0.1, 0.15) is 0 Å². The SMILES string of the molecule is CCCNC(C1CCCOC1)C1(OCC)CCCCC1. The van der Waals surface area contributed by atoms with Crippen LogP contribution >= 0.6 is 0 Å². The molecule has 1 saturated heterocycles. The molecule has 2 unspecified atom stereocenters. The molecule has 118 valence electrons. The van der Waals surface area contributed by atoms with Crippen LogP contribution in [0.4, 0.5) is 0 Å². The maximum Gasteiger partial charge on any atom is 0.0838 e. The molecule has 0 aromatic heterocycles. The molecule has 0 aromatic carbocycles. The summed E-state index contributed by atoms with van der Waals surface area (Å²) in [7, 11) is 0. The van der Waals surface area contributed by atoms with Crippen molar-refractivity contribution in [3.63, 3.8) is 0 Å². The summed E-state index contributed by atoms with van der Waals surface area (Å²) in [6, 6.07) is 0.475. The van der Waals surface area contributed by atoms with Crippen molar-refractivity contribution in [1.29, 1.82) is 0 Å². The first kappa shape index (κ1) is 16.3. The van der Waals surface area contributed by atoms with Gasteiger partial charge >= 0.3 is 0 Å². The van der Waals surface area contributed by atoms with Crippen LogP contribution in [-0.2, 0) is 9.47 Å². The largest absolute Gasteiger partial charge is 0.381 e. The van der Waals surface area contributed by atoms with Gasteiger partial charge in [-0.2, -0.15) is 0 Å². The fourth-order valence-electron chi connectivity index (χ4n) is 4.09. The molecule has 0 spiro atoms. The predicted molar refractivity (Wildman–Crippen MR) is 83.1 cm³/mol.